The number of aliphatic hydroxyl groups is 1. The Bertz CT molecular complexity index is 438. The van der Waals surface area contributed by atoms with Crippen molar-refractivity contribution in [2.75, 3.05) is 12.3 Å². The van der Waals surface area contributed by atoms with Gasteiger partial charge < -0.3 is 16.2 Å². The van der Waals surface area contributed by atoms with E-state index in [1.807, 2.05) is 0 Å². The fourth-order valence-electron chi connectivity index (χ4n) is 2.48. The third-order valence-corrected chi connectivity index (χ3v) is 3.92. The van der Waals surface area contributed by atoms with Gasteiger partial charge in [-0.3, -0.25) is 4.79 Å². The molecule has 0 unspecified atom stereocenters. The molecule has 0 aromatic carbocycles. The highest BCUT2D eigenvalue weighted by atomic mass is 16.6. The van der Waals surface area contributed by atoms with Gasteiger partial charge in [-0.05, 0) is 41.9 Å². The lowest BCUT2D eigenvalue weighted by atomic mass is 9.78. The van der Waals surface area contributed by atoms with E-state index in [2.05, 4.69) is 27.2 Å². The van der Waals surface area contributed by atoms with Gasteiger partial charge in [0.2, 0.25) is 11.5 Å². The molecule has 4 N–H and O–H groups in total. The van der Waals surface area contributed by atoms with Crippen molar-refractivity contribution in [1.82, 2.24) is 15.6 Å². The molecule has 7 nitrogen and oxygen atoms in total. The maximum absolute atomic E-state index is 11.8. The van der Waals surface area contributed by atoms with Crippen molar-refractivity contribution in [3.63, 3.8) is 0 Å². The summed E-state index contributed by atoms with van der Waals surface area (Å²) in [7, 11) is 0. The molecule has 0 radical (unpaired) electrons. The van der Waals surface area contributed by atoms with Crippen LogP contribution in [-0.4, -0.2) is 33.5 Å². The molecule has 1 aromatic rings. The molecule has 1 aliphatic rings. The fourth-order valence-corrected chi connectivity index (χ4v) is 2.48. The summed E-state index contributed by atoms with van der Waals surface area (Å²) in [6, 6.07) is 0. The fraction of sp³-hybridized carbons (Fsp3) is 0.750. The molecule has 106 valence electrons. The third-order valence-electron chi connectivity index (χ3n) is 3.92. The molecule has 19 heavy (non-hydrogen) atoms. The molecule has 1 heterocycles. The van der Waals surface area contributed by atoms with Crippen LogP contribution in [0.25, 0.3) is 0 Å². The first-order valence-corrected chi connectivity index (χ1v) is 6.62. The molecule has 1 saturated carbocycles. The summed E-state index contributed by atoms with van der Waals surface area (Å²) in [6.45, 7) is 2.37. The van der Waals surface area contributed by atoms with Crippen LogP contribution in [0.4, 0.5) is 5.82 Å². The normalized spacial score (nSPS) is 27.2. The van der Waals surface area contributed by atoms with Gasteiger partial charge >= 0.3 is 0 Å². The Labute approximate surface area is 111 Å². The molecule has 0 aliphatic heterocycles. The van der Waals surface area contributed by atoms with Gasteiger partial charge in [0.25, 0.3) is 5.91 Å². The number of nitrogens with two attached hydrogens (primary N) is 1. The maximum atomic E-state index is 11.8. The average Bonchev–Trinajstić information content (AvgIpc) is 2.83. The summed E-state index contributed by atoms with van der Waals surface area (Å²) in [6.07, 6.45) is 4.55. The minimum absolute atomic E-state index is 0.0363. The lowest BCUT2D eigenvalue weighted by molar-refractivity contribution is -0.00792. The van der Waals surface area contributed by atoms with Gasteiger partial charge in [-0.2, -0.15) is 0 Å². The minimum Gasteiger partial charge on any atom is -0.388 e. The zero-order valence-electron chi connectivity index (χ0n) is 11.1. The van der Waals surface area contributed by atoms with Crippen LogP contribution in [0.3, 0.4) is 0 Å². The number of carbonyl (C=O) groups excluding carboxylic acids is 1. The number of nitrogens with zero attached hydrogens (tertiary/aromatic N) is 2. The lowest BCUT2D eigenvalue weighted by Gasteiger charge is -2.35. The van der Waals surface area contributed by atoms with Crippen LogP contribution in [0.2, 0.25) is 0 Å². The summed E-state index contributed by atoms with van der Waals surface area (Å²) >= 11 is 0. The Hall–Kier alpha value is -1.63. The van der Waals surface area contributed by atoms with E-state index in [0.29, 0.717) is 18.8 Å². The molecule has 7 heteroatoms. The molecule has 0 bridgehead atoms. The topological polar surface area (TPSA) is 114 Å². The molecular formula is C12H20N4O3. The zero-order valence-corrected chi connectivity index (χ0v) is 11.1. The molecule has 0 spiro atoms. The largest absolute Gasteiger partial charge is 0.388 e. The van der Waals surface area contributed by atoms with Crippen LogP contribution in [0.15, 0.2) is 4.63 Å². The first-order chi connectivity index (χ1) is 9.04. The van der Waals surface area contributed by atoms with Gasteiger partial charge in [0.15, 0.2) is 0 Å². The Balaban J connectivity index is 1.85. The summed E-state index contributed by atoms with van der Waals surface area (Å²) in [5, 5.41) is 19.8. The second kappa shape index (κ2) is 5.56. The molecule has 0 atom stereocenters. The molecule has 1 aliphatic carbocycles. The van der Waals surface area contributed by atoms with Crippen LogP contribution < -0.4 is 11.1 Å². The monoisotopic (exact) mass is 268 g/mol. The van der Waals surface area contributed by atoms with E-state index in [-0.39, 0.29) is 18.1 Å². The standard InChI is InChI=1S/C12H20N4O3/c1-2-8-3-5-12(18,6-4-8)7-14-11(17)9-10(13)16-19-15-9/h8,18H,2-7H2,1H3,(H2,13,16)(H,14,17). The van der Waals surface area contributed by atoms with E-state index in [0.717, 1.165) is 19.3 Å². The highest BCUT2D eigenvalue weighted by Gasteiger charge is 2.33. The number of hydrogen-bond acceptors (Lipinski definition) is 6. The van der Waals surface area contributed by atoms with Crippen molar-refractivity contribution >= 4 is 11.7 Å². The summed E-state index contributed by atoms with van der Waals surface area (Å²) in [5.74, 6) is 0.176. The molecule has 1 aromatic heterocycles. The third kappa shape index (κ3) is 3.23. The minimum atomic E-state index is -0.826. The van der Waals surface area contributed by atoms with E-state index < -0.39 is 11.5 Å². The zero-order chi connectivity index (χ0) is 13.9. The summed E-state index contributed by atoms with van der Waals surface area (Å²) < 4.78 is 4.36. The Morgan fingerprint density at radius 2 is 2.21 bits per heavy atom. The quantitative estimate of drug-likeness (QED) is 0.741. The van der Waals surface area contributed by atoms with E-state index in [1.54, 1.807) is 0 Å². The van der Waals surface area contributed by atoms with Crippen molar-refractivity contribution in [1.29, 1.82) is 0 Å². The van der Waals surface area contributed by atoms with E-state index in [4.69, 9.17) is 5.73 Å². The van der Waals surface area contributed by atoms with Crippen molar-refractivity contribution in [2.24, 2.45) is 5.92 Å². The van der Waals surface area contributed by atoms with Crippen LogP contribution in [-0.2, 0) is 0 Å². The maximum Gasteiger partial charge on any atom is 0.277 e. The van der Waals surface area contributed by atoms with Gasteiger partial charge in [-0.25, -0.2) is 4.63 Å². The number of nitrogen functional groups attached to an aromatic ring is 1. The van der Waals surface area contributed by atoms with Crippen molar-refractivity contribution < 1.29 is 14.5 Å². The molecule has 0 saturated heterocycles. The second-order valence-electron chi connectivity index (χ2n) is 5.26. The first-order valence-electron chi connectivity index (χ1n) is 6.62. The van der Waals surface area contributed by atoms with Gasteiger partial charge in [0.1, 0.15) is 0 Å². The number of aromatic nitrogens is 2. The number of nitrogens with one attached hydrogen (secondary N) is 1. The summed E-state index contributed by atoms with van der Waals surface area (Å²) in [4.78, 5) is 11.8. The molecular weight excluding hydrogens is 248 g/mol. The molecule has 2 rings (SSSR count). The number of carbonyl (C=O) groups is 1. The van der Waals surface area contributed by atoms with E-state index in [1.165, 1.54) is 0 Å². The first kappa shape index (κ1) is 13.8. The Morgan fingerprint density at radius 1 is 1.53 bits per heavy atom. The van der Waals surface area contributed by atoms with Crippen LogP contribution >= 0.6 is 0 Å². The second-order valence-corrected chi connectivity index (χ2v) is 5.26. The van der Waals surface area contributed by atoms with E-state index in [9.17, 15) is 9.90 Å². The van der Waals surface area contributed by atoms with Crippen molar-refractivity contribution in [2.45, 2.75) is 44.6 Å². The summed E-state index contributed by atoms with van der Waals surface area (Å²) in [5.41, 5.74) is 4.57. The van der Waals surface area contributed by atoms with Crippen molar-refractivity contribution in [3.8, 4) is 0 Å². The van der Waals surface area contributed by atoms with Crippen LogP contribution in [0, 0.1) is 5.92 Å². The number of amides is 1. The SMILES string of the molecule is CCC1CCC(O)(CNC(=O)c2nonc2N)CC1. The molecule has 1 amide bonds. The van der Waals surface area contributed by atoms with Crippen molar-refractivity contribution in [3.05, 3.63) is 5.69 Å². The number of rotatable bonds is 4. The highest BCUT2D eigenvalue weighted by molar-refractivity contribution is 5.95. The van der Waals surface area contributed by atoms with E-state index >= 15 is 0 Å². The predicted molar refractivity (Wildman–Crippen MR) is 68.2 cm³/mol. The predicted octanol–water partition coefficient (Wildman–Crippen LogP) is 0.713. The van der Waals surface area contributed by atoms with Gasteiger partial charge in [-0.1, -0.05) is 13.3 Å². The van der Waals surface area contributed by atoms with Gasteiger partial charge in [0, 0.05) is 6.54 Å². The van der Waals surface area contributed by atoms with Crippen LogP contribution in [0.5, 0.6) is 0 Å². The molecule has 1 fully saturated rings. The highest BCUT2D eigenvalue weighted by Crippen LogP contribution is 2.33. The average molecular weight is 268 g/mol. The number of hydrogen-bond donors (Lipinski definition) is 3. The lowest BCUT2D eigenvalue weighted by Crippen LogP contribution is -2.45. The number of anilines is 1. The van der Waals surface area contributed by atoms with Gasteiger partial charge in [-0.15, -0.1) is 0 Å². The van der Waals surface area contributed by atoms with Crippen LogP contribution in [0.1, 0.15) is 49.5 Å². The Kier molecular flexibility index (Phi) is 4.04. The smallest absolute Gasteiger partial charge is 0.277 e. The Morgan fingerprint density at radius 3 is 2.74 bits per heavy atom. The van der Waals surface area contributed by atoms with Gasteiger partial charge in [0.05, 0.1) is 5.60 Å².